The first kappa shape index (κ1) is 29.5. The molecule has 0 saturated carbocycles. The largest absolute Gasteiger partial charge is 0.466 e. The molecule has 0 radical (unpaired) electrons. The van der Waals surface area contributed by atoms with Gasteiger partial charge in [-0.1, -0.05) is 28.1 Å². The van der Waals surface area contributed by atoms with Crippen molar-refractivity contribution in [1.29, 1.82) is 0 Å². The lowest BCUT2D eigenvalue weighted by atomic mass is 10.4. The van der Waals surface area contributed by atoms with E-state index in [1.165, 1.54) is 39.2 Å². The molecule has 8 heteroatoms. The summed E-state index contributed by atoms with van der Waals surface area (Å²) >= 11 is 3.11. The number of hydrogen-bond donors (Lipinski definition) is 1. The zero-order chi connectivity index (χ0) is 20.6. The number of nitrogens with zero attached hydrogens (tertiary/aromatic N) is 1. The average Bonchev–Trinajstić information content (AvgIpc) is 3.20. The van der Waals surface area contributed by atoms with Crippen LogP contribution in [0.2, 0.25) is 0 Å². The first-order valence-electron chi connectivity index (χ1n) is 8.25. The number of allylic oxidation sites excluding steroid dienone is 1. The smallest absolute Gasteiger partial charge is 0.330 e. The summed E-state index contributed by atoms with van der Waals surface area (Å²) in [6.07, 6.45) is 8.77. The van der Waals surface area contributed by atoms with Crippen molar-refractivity contribution < 1.29 is 23.8 Å². The third-order valence-corrected chi connectivity index (χ3v) is 2.67. The van der Waals surface area contributed by atoms with Crippen molar-refractivity contribution in [3.8, 4) is 0 Å². The number of esters is 2. The number of halogens is 1. The second kappa shape index (κ2) is 26.0. The van der Waals surface area contributed by atoms with Crippen LogP contribution in [0.5, 0.6) is 0 Å². The Morgan fingerprint density at radius 2 is 1.46 bits per heavy atom. The second-order valence-corrected chi connectivity index (χ2v) is 5.73. The van der Waals surface area contributed by atoms with E-state index in [1.807, 2.05) is 33.1 Å². The van der Waals surface area contributed by atoms with Gasteiger partial charge in [-0.15, -0.1) is 0 Å². The second-order valence-electron chi connectivity index (χ2n) is 5.09. The van der Waals surface area contributed by atoms with Gasteiger partial charge in [0.15, 0.2) is 0 Å². The van der Waals surface area contributed by atoms with Crippen molar-refractivity contribution in [3.63, 3.8) is 0 Å². The first-order valence-corrected chi connectivity index (χ1v) is 9.37. The molecule has 0 aromatic rings. The number of likely N-dealkylation sites (N-methyl/N-ethyl adjacent to an activating group) is 1. The van der Waals surface area contributed by atoms with Gasteiger partial charge in [-0.05, 0) is 41.0 Å². The maximum absolute atomic E-state index is 10.5. The van der Waals surface area contributed by atoms with Crippen LogP contribution < -0.4 is 5.32 Å². The monoisotopic (exact) mass is 438 g/mol. The number of hydrogen-bond acceptors (Lipinski definition) is 7. The number of nitrogens with one attached hydrogen (secondary N) is 1. The van der Waals surface area contributed by atoms with E-state index in [9.17, 15) is 9.59 Å². The van der Waals surface area contributed by atoms with Gasteiger partial charge in [-0.25, -0.2) is 9.59 Å². The van der Waals surface area contributed by atoms with Crippen LogP contribution >= 0.6 is 15.9 Å². The van der Waals surface area contributed by atoms with Gasteiger partial charge in [-0.3, -0.25) is 0 Å². The Labute approximate surface area is 166 Å². The molecule has 0 atom stereocenters. The van der Waals surface area contributed by atoms with Crippen LogP contribution in [0.4, 0.5) is 0 Å². The minimum atomic E-state index is -0.315. The third-order valence-electron chi connectivity index (χ3n) is 2.30. The van der Waals surface area contributed by atoms with E-state index in [1.54, 1.807) is 12.2 Å². The van der Waals surface area contributed by atoms with Gasteiger partial charge in [-0.2, -0.15) is 0 Å². The van der Waals surface area contributed by atoms with E-state index in [0.717, 1.165) is 19.8 Å². The topological polar surface area (TPSA) is 77.1 Å². The number of methoxy groups -OCH3 is 2. The minimum Gasteiger partial charge on any atom is -0.466 e. The molecular formula is C18H35BrN2O5. The molecule has 1 aliphatic rings. The van der Waals surface area contributed by atoms with E-state index in [2.05, 4.69) is 30.7 Å². The highest BCUT2D eigenvalue weighted by Gasteiger charge is 1.94. The fraction of sp³-hybridized carbons (Fsp3) is 0.667. The fourth-order valence-electron chi connectivity index (χ4n) is 1.15. The van der Waals surface area contributed by atoms with Crippen LogP contribution in [0.25, 0.3) is 0 Å². The molecule has 1 rings (SSSR count). The quantitative estimate of drug-likeness (QED) is 0.399. The molecular weight excluding hydrogens is 404 g/mol. The van der Waals surface area contributed by atoms with Gasteiger partial charge in [0.25, 0.3) is 0 Å². The molecule has 0 amide bonds. The molecule has 1 aliphatic heterocycles. The normalized spacial score (nSPS) is 12.5. The van der Waals surface area contributed by atoms with Crippen molar-refractivity contribution in [2.75, 3.05) is 67.5 Å². The Bertz CT molecular complexity index is 363. The summed E-state index contributed by atoms with van der Waals surface area (Å²) < 4.78 is 13.6. The standard InChI is InChI=1S/C7H13NO2.C5H7BrO2.C4H8O.C2H7N/c1-8(2)6-4-5-7(9)10-3;1-8-5(7)3-2-4-6;1-2-4-5-3-1;1-3-2/h4-5H,6H2,1-3H3;2-3H,4H2,1H3;1-4H2;3H,1-2H3/b5-4+;3-2+;;. The lowest BCUT2D eigenvalue weighted by molar-refractivity contribution is -0.135. The molecule has 1 saturated heterocycles. The van der Waals surface area contributed by atoms with Gasteiger partial charge < -0.3 is 24.4 Å². The van der Waals surface area contributed by atoms with Crippen LogP contribution in [0.3, 0.4) is 0 Å². The molecule has 0 unspecified atom stereocenters. The van der Waals surface area contributed by atoms with Gasteiger partial charge in [0.05, 0.1) is 14.2 Å². The molecule has 1 heterocycles. The maximum atomic E-state index is 10.5. The Morgan fingerprint density at radius 3 is 1.73 bits per heavy atom. The molecule has 0 aromatic carbocycles. The zero-order valence-corrected chi connectivity index (χ0v) is 18.5. The summed E-state index contributed by atoms with van der Waals surface area (Å²) in [5, 5.41) is 3.43. The number of ether oxygens (including phenoxy) is 3. The number of carbonyl (C=O) groups excluding carboxylic acids is 2. The van der Waals surface area contributed by atoms with E-state index in [4.69, 9.17) is 4.74 Å². The molecule has 154 valence electrons. The highest BCUT2D eigenvalue weighted by Crippen LogP contribution is 1.98. The van der Waals surface area contributed by atoms with Crippen LogP contribution in [0.15, 0.2) is 24.3 Å². The van der Waals surface area contributed by atoms with Crippen LogP contribution in [-0.4, -0.2) is 84.3 Å². The zero-order valence-electron chi connectivity index (χ0n) is 16.9. The van der Waals surface area contributed by atoms with Crippen LogP contribution in [-0.2, 0) is 23.8 Å². The summed E-state index contributed by atoms with van der Waals surface area (Å²) in [7, 11) is 10.3. The third kappa shape index (κ3) is 34.2. The lowest BCUT2D eigenvalue weighted by Gasteiger charge is -2.02. The number of rotatable bonds is 5. The molecule has 26 heavy (non-hydrogen) atoms. The lowest BCUT2D eigenvalue weighted by Crippen LogP contribution is -2.11. The summed E-state index contributed by atoms with van der Waals surface area (Å²) in [4.78, 5) is 22.7. The summed E-state index contributed by atoms with van der Waals surface area (Å²) in [6, 6.07) is 0. The molecule has 0 bridgehead atoms. The molecule has 1 fully saturated rings. The number of alkyl halides is 1. The fourth-order valence-corrected chi connectivity index (χ4v) is 1.33. The van der Waals surface area contributed by atoms with Crippen molar-refractivity contribution in [2.24, 2.45) is 0 Å². The summed E-state index contributed by atoms with van der Waals surface area (Å²) in [6.45, 7) is 2.76. The van der Waals surface area contributed by atoms with E-state index < -0.39 is 0 Å². The Morgan fingerprint density at radius 1 is 1.04 bits per heavy atom. The van der Waals surface area contributed by atoms with E-state index in [-0.39, 0.29) is 11.9 Å². The predicted octanol–water partition coefficient (Wildman–Crippen LogP) is 2.02. The first-order chi connectivity index (χ1) is 12.4. The van der Waals surface area contributed by atoms with E-state index >= 15 is 0 Å². The molecule has 1 N–H and O–H groups in total. The van der Waals surface area contributed by atoms with Gasteiger partial charge in [0, 0.05) is 37.2 Å². The molecule has 7 nitrogen and oxygen atoms in total. The molecule has 0 aliphatic carbocycles. The Balaban J connectivity index is -0.000000294. The van der Waals surface area contributed by atoms with Crippen molar-refractivity contribution in [2.45, 2.75) is 12.8 Å². The van der Waals surface area contributed by atoms with Gasteiger partial charge in [0.2, 0.25) is 0 Å². The minimum absolute atomic E-state index is 0.304. The van der Waals surface area contributed by atoms with E-state index in [0.29, 0.717) is 5.33 Å². The van der Waals surface area contributed by atoms with Gasteiger partial charge in [0.1, 0.15) is 0 Å². The van der Waals surface area contributed by atoms with Crippen LogP contribution in [0.1, 0.15) is 12.8 Å². The van der Waals surface area contributed by atoms with Crippen molar-refractivity contribution in [3.05, 3.63) is 24.3 Å². The summed E-state index contributed by atoms with van der Waals surface area (Å²) in [5.41, 5.74) is 0. The average molecular weight is 439 g/mol. The maximum Gasteiger partial charge on any atom is 0.330 e. The highest BCUT2D eigenvalue weighted by atomic mass is 79.9. The molecule has 0 aromatic heterocycles. The predicted molar refractivity (Wildman–Crippen MR) is 110 cm³/mol. The Hall–Kier alpha value is -1.22. The van der Waals surface area contributed by atoms with Crippen molar-refractivity contribution >= 4 is 27.9 Å². The van der Waals surface area contributed by atoms with Crippen molar-refractivity contribution in [1.82, 2.24) is 10.2 Å². The summed E-state index contributed by atoms with van der Waals surface area (Å²) in [5.74, 6) is -0.619. The Kier molecular flexibility index (Phi) is 29.6. The molecule has 0 spiro atoms. The number of carbonyl (C=O) groups is 2. The SMILES string of the molecule is C1CCOC1.CNC.COC(=O)/C=C/CBr.COC(=O)/C=C/CN(C)C. The van der Waals surface area contributed by atoms with Crippen LogP contribution in [0, 0.1) is 0 Å². The highest BCUT2D eigenvalue weighted by molar-refractivity contribution is 9.09. The van der Waals surface area contributed by atoms with Gasteiger partial charge >= 0.3 is 11.9 Å².